The van der Waals surface area contributed by atoms with Gasteiger partial charge in [-0.3, -0.25) is 9.48 Å². The molecule has 1 amide bonds. The Bertz CT molecular complexity index is 1110. The van der Waals surface area contributed by atoms with E-state index in [1.807, 2.05) is 18.2 Å². The monoisotopic (exact) mass is 376 g/mol. The Labute approximate surface area is 161 Å². The number of fused-ring (bicyclic) bond motifs is 2. The zero-order chi connectivity index (χ0) is 19.8. The van der Waals surface area contributed by atoms with E-state index < -0.39 is 0 Å². The van der Waals surface area contributed by atoms with E-state index in [2.05, 4.69) is 26.5 Å². The van der Waals surface area contributed by atoms with E-state index in [9.17, 15) is 4.79 Å². The summed E-state index contributed by atoms with van der Waals surface area (Å²) in [5, 5.41) is 18.4. The number of anilines is 3. The molecule has 0 spiro atoms. The Kier molecular flexibility index (Phi) is 4.31. The number of nitrogen functional groups attached to an aromatic ring is 1. The predicted molar refractivity (Wildman–Crippen MR) is 105 cm³/mol. The number of nitriles is 1. The molecule has 9 heteroatoms. The average molecular weight is 376 g/mol. The van der Waals surface area contributed by atoms with Crippen molar-refractivity contribution in [2.45, 2.75) is 25.8 Å². The summed E-state index contributed by atoms with van der Waals surface area (Å²) >= 11 is 0. The molecule has 0 saturated carbocycles. The summed E-state index contributed by atoms with van der Waals surface area (Å²) in [7, 11) is 1.80. The third kappa shape index (κ3) is 3.20. The van der Waals surface area contributed by atoms with Crippen LogP contribution < -0.4 is 11.1 Å². The van der Waals surface area contributed by atoms with E-state index in [0.29, 0.717) is 29.7 Å². The molecule has 142 valence electrons. The van der Waals surface area contributed by atoms with Crippen molar-refractivity contribution in [1.82, 2.24) is 24.6 Å². The van der Waals surface area contributed by atoms with Gasteiger partial charge in [-0.05, 0) is 24.4 Å². The van der Waals surface area contributed by atoms with Crippen molar-refractivity contribution in [2.75, 3.05) is 24.6 Å². The van der Waals surface area contributed by atoms with Gasteiger partial charge in [-0.25, -0.2) is 9.97 Å². The number of aromatic nitrogens is 4. The van der Waals surface area contributed by atoms with Gasteiger partial charge in [0.05, 0.1) is 17.7 Å². The molecule has 4 rings (SSSR count). The maximum Gasteiger partial charge on any atom is 0.244 e. The molecule has 0 saturated heterocycles. The van der Waals surface area contributed by atoms with Crippen LogP contribution in [0.5, 0.6) is 0 Å². The number of carbonyl (C=O) groups excluding carboxylic acids is 1. The van der Waals surface area contributed by atoms with Gasteiger partial charge in [0.15, 0.2) is 5.82 Å². The standard InChI is InChI=1S/C19H20N8O/c1-11(8-20)15-5-12-6-16(22-9-14(12)19(21)23-15)24-17-7-13-3-4-26(2)18(28)10-27(13)25-17/h5-7,9,11H,3-4,10H2,1-2H3,(H2,21,23)(H,22,24,25)/t11-/m0/s1. The number of nitrogens with one attached hydrogen (secondary N) is 1. The van der Waals surface area contributed by atoms with Gasteiger partial charge in [0.1, 0.15) is 18.2 Å². The van der Waals surface area contributed by atoms with E-state index in [-0.39, 0.29) is 18.4 Å². The average Bonchev–Trinajstić information content (AvgIpc) is 3.00. The minimum absolute atomic E-state index is 0.0411. The third-order valence-corrected chi connectivity index (χ3v) is 4.94. The Morgan fingerprint density at radius 2 is 2.14 bits per heavy atom. The minimum Gasteiger partial charge on any atom is -0.383 e. The molecule has 3 N–H and O–H groups in total. The van der Waals surface area contributed by atoms with Crippen molar-refractivity contribution in [3.63, 3.8) is 0 Å². The molecule has 1 aliphatic rings. The second-order valence-electron chi connectivity index (χ2n) is 6.94. The summed E-state index contributed by atoms with van der Waals surface area (Å²) in [5.41, 5.74) is 7.65. The van der Waals surface area contributed by atoms with E-state index in [1.165, 1.54) is 0 Å². The van der Waals surface area contributed by atoms with Crippen molar-refractivity contribution in [3.05, 3.63) is 35.8 Å². The summed E-state index contributed by atoms with van der Waals surface area (Å²) in [4.78, 5) is 22.4. The highest BCUT2D eigenvalue weighted by molar-refractivity contribution is 5.92. The maximum atomic E-state index is 12.0. The van der Waals surface area contributed by atoms with Crippen LogP contribution in [0.4, 0.5) is 17.5 Å². The highest BCUT2D eigenvalue weighted by Gasteiger charge is 2.19. The number of likely N-dealkylation sites (N-methyl/N-ethyl adjacent to an activating group) is 1. The smallest absolute Gasteiger partial charge is 0.244 e. The summed E-state index contributed by atoms with van der Waals surface area (Å²) < 4.78 is 1.73. The maximum absolute atomic E-state index is 12.0. The Morgan fingerprint density at radius 1 is 1.32 bits per heavy atom. The fourth-order valence-corrected chi connectivity index (χ4v) is 3.19. The number of amides is 1. The number of rotatable bonds is 3. The first kappa shape index (κ1) is 17.7. The van der Waals surface area contributed by atoms with Crippen LogP contribution in [0.15, 0.2) is 24.4 Å². The highest BCUT2D eigenvalue weighted by Crippen LogP contribution is 2.26. The second-order valence-corrected chi connectivity index (χ2v) is 6.94. The number of hydrogen-bond acceptors (Lipinski definition) is 7. The van der Waals surface area contributed by atoms with E-state index in [1.54, 1.807) is 29.7 Å². The lowest BCUT2D eigenvalue weighted by Gasteiger charge is -2.12. The van der Waals surface area contributed by atoms with Crippen LogP contribution in [0.3, 0.4) is 0 Å². The summed E-state index contributed by atoms with van der Waals surface area (Å²) in [6.45, 7) is 2.69. The molecule has 0 unspecified atom stereocenters. The number of nitrogens with two attached hydrogens (primary N) is 1. The Morgan fingerprint density at radius 3 is 2.93 bits per heavy atom. The highest BCUT2D eigenvalue weighted by atomic mass is 16.2. The summed E-state index contributed by atoms with van der Waals surface area (Å²) in [5.74, 6) is 1.28. The SMILES string of the molecule is C[C@@H](C#N)c1cc2cc(Nc3cc4n(n3)CC(=O)N(C)CC4)ncc2c(N)n1. The van der Waals surface area contributed by atoms with Crippen LogP contribution in [0.2, 0.25) is 0 Å². The Hall–Kier alpha value is -3.67. The molecular weight excluding hydrogens is 356 g/mol. The summed E-state index contributed by atoms with van der Waals surface area (Å²) in [6.07, 6.45) is 2.40. The van der Waals surface area contributed by atoms with Crippen LogP contribution in [-0.2, 0) is 17.8 Å². The molecule has 3 aromatic rings. The molecule has 0 aliphatic carbocycles. The first-order chi connectivity index (χ1) is 13.4. The zero-order valence-corrected chi connectivity index (χ0v) is 15.7. The molecule has 28 heavy (non-hydrogen) atoms. The van der Waals surface area contributed by atoms with Gasteiger partial charge in [0.25, 0.3) is 0 Å². The van der Waals surface area contributed by atoms with Gasteiger partial charge in [-0.15, -0.1) is 0 Å². The normalized spacial score (nSPS) is 15.0. The fraction of sp³-hybridized carbons (Fsp3) is 0.316. The lowest BCUT2D eigenvalue weighted by molar-refractivity contribution is -0.130. The van der Waals surface area contributed by atoms with E-state index in [4.69, 9.17) is 11.0 Å². The lowest BCUT2D eigenvalue weighted by Crippen LogP contribution is -2.29. The van der Waals surface area contributed by atoms with Crippen LogP contribution in [-0.4, -0.2) is 44.1 Å². The third-order valence-electron chi connectivity index (χ3n) is 4.94. The molecule has 0 aromatic carbocycles. The first-order valence-corrected chi connectivity index (χ1v) is 8.98. The predicted octanol–water partition coefficient (Wildman–Crippen LogP) is 1.79. The quantitative estimate of drug-likeness (QED) is 0.713. The number of carbonyl (C=O) groups is 1. The molecule has 0 radical (unpaired) electrons. The Balaban J connectivity index is 1.64. The number of hydrogen-bond donors (Lipinski definition) is 2. The molecular formula is C19H20N8O. The van der Waals surface area contributed by atoms with Crippen LogP contribution >= 0.6 is 0 Å². The number of pyridine rings is 2. The fourth-order valence-electron chi connectivity index (χ4n) is 3.19. The second kappa shape index (κ2) is 6.81. The molecule has 1 atom stereocenters. The zero-order valence-electron chi connectivity index (χ0n) is 15.7. The molecule has 9 nitrogen and oxygen atoms in total. The number of nitrogens with zero attached hydrogens (tertiary/aromatic N) is 6. The molecule has 1 aliphatic heterocycles. The van der Waals surface area contributed by atoms with Crippen molar-refractivity contribution in [2.24, 2.45) is 0 Å². The van der Waals surface area contributed by atoms with Gasteiger partial charge in [-0.2, -0.15) is 10.4 Å². The van der Waals surface area contributed by atoms with Gasteiger partial charge in [-0.1, -0.05) is 0 Å². The van der Waals surface area contributed by atoms with Crippen LogP contribution in [0.1, 0.15) is 24.2 Å². The molecule has 4 heterocycles. The van der Waals surface area contributed by atoms with Crippen molar-refractivity contribution < 1.29 is 4.79 Å². The van der Waals surface area contributed by atoms with Crippen molar-refractivity contribution in [3.8, 4) is 6.07 Å². The van der Waals surface area contributed by atoms with Crippen molar-refractivity contribution in [1.29, 1.82) is 5.26 Å². The topological polar surface area (TPSA) is 126 Å². The van der Waals surface area contributed by atoms with Gasteiger partial charge < -0.3 is 16.0 Å². The minimum atomic E-state index is -0.351. The van der Waals surface area contributed by atoms with Crippen molar-refractivity contribution >= 4 is 34.1 Å². The van der Waals surface area contributed by atoms with Crippen LogP contribution in [0, 0.1) is 11.3 Å². The van der Waals surface area contributed by atoms with E-state index >= 15 is 0 Å². The van der Waals surface area contributed by atoms with Gasteiger partial charge >= 0.3 is 0 Å². The van der Waals surface area contributed by atoms with Crippen LogP contribution in [0.25, 0.3) is 10.8 Å². The van der Waals surface area contributed by atoms with Gasteiger partial charge in [0, 0.05) is 43.4 Å². The summed E-state index contributed by atoms with van der Waals surface area (Å²) in [6, 6.07) is 7.81. The largest absolute Gasteiger partial charge is 0.383 e. The molecule has 0 bridgehead atoms. The first-order valence-electron chi connectivity index (χ1n) is 8.98. The molecule has 3 aromatic heterocycles. The van der Waals surface area contributed by atoms with Gasteiger partial charge in [0.2, 0.25) is 5.91 Å². The van der Waals surface area contributed by atoms with E-state index in [0.717, 1.165) is 22.9 Å². The molecule has 0 fully saturated rings. The lowest BCUT2D eigenvalue weighted by atomic mass is 10.1.